The molecule has 0 radical (unpaired) electrons. The van der Waals surface area contributed by atoms with Crippen LogP contribution in [0.1, 0.15) is 30.7 Å². The zero-order valence-electron chi connectivity index (χ0n) is 11.2. The van der Waals surface area contributed by atoms with Crippen molar-refractivity contribution in [3.05, 3.63) is 35.9 Å². The molecular formula is C14H16F3NO3. The largest absolute Gasteiger partial charge is 0.481 e. The number of halogens is 3. The number of hydrogen-bond donors (Lipinski definition) is 2. The summed E-state index contributed by atoms with van der Waals surface area (Å²) in [5.74, 6) is -3.62. The van der Waals surface area contributed by atoms with Crippen LogP contribution in [0.3, 0.4) is 0 Å². The van der Waals surface area contributed by atoms with Gasteiger partial charge in [0.05, 0.1) is 5.92 Å². The van der Waals surface area contributed by atoms with Gasteiger partial charge in [-0.25, -0.2) is 0 Å². The highest BCUT2D eigenvalue weighted by Gasteiger charge is 2.41. The molecule has 0 aliphatic heterocycles. The average Bonchev–Trinajstić information content (AvgIpc) is 2.40. The first-order chi connectivity index (χ1) is 9.80. The molecule has 116 valence electrons. The third-order valence-corrected chi connectivity index (χ3v) is 2.88. The van der Waals surface area contributed by atoms with Gasteiger partial charge < -0.3 is 10.4 Å². The first-order valence-corrected chi connectivity index (χ1v) is 6.41. The number of carbonyl (C=O) groups is 2. The van der Waals surface area contributed by atoms with Crippen molar-refractivity contribution in [2.45, 2.75) is 31.4 Å². The zero-order chi connectivity index (χ0) is 15.9. The Bertz CT molecular complexity index is 474. The molecule has 0 bridgehead atoms. The molecule has 1 rings (SSSR count). The Kier molecular flexibility index (Phi) is 6.20. The summed E-state index contributed by atoms with van der Waals surface area (Å²) in [4.78, 5) is 21.8. The fourth-order valence-corrected chi connectivity index (χ4v) is 1.83. The van der Waals surface area contributed by atoms with Gasteiger partial charge in [0.2, 0.25) is 5.91 Å². The molecule has 21 heavy (non-hydrogen) atoms. The Morgan fingerprint density at radius 1 is 1.19 bits per heavy atom. The maximum atomic E-state index is 13.0. The number of carbonyl (C=O) groups excluding carboxylic acids is 1. The van der Waals surface area contributed by atoms with Gasteiger partial charge in [-0.1, -0.05) is 30.3 Å². The van der Waals surface area contributed by atoms with Crippen LogP contribution in [0.4, 0.5) is 13.2 Å². The maximum Gasteiger partial charge on any atom is 0.396 e. The van der Waals surface area contributed by atoms with E-state index in [1.165, 1.54) is 24.3 Å². The Morgan fingerprint density at radius 2 is 1.81 bits per heavy atom. The van der Waals surface area contributed by atoms with Crippen LogP contribution in [-0.4, -0.2) is 29.7 Å². The minimum Gasteiger partial charge on any atom is -0.481 e. The molecule has 2 N–H and O–H groups in total. The number of aliphatic carboxylic acids is 1. The fraction of sp³-hybridized carbons (Fsp3) is 0.429. The van der Waals surface area contributed by atoms with E-state index in [2.05, 4.69) is 5.32 Å². The van der Waals surface area contributed by atoms with Gasteiger partial charge in [-0.15, -0.1) is 0 Å². The minimum atomic E-state index is -4.51. The van der Waals surface area contributed by atoms with Crippen LogP contribution in [0, 0.1) is 0 Å². The lowest BCUT2D eigenvalue weighted by Gasteiger charge is -2.20. The molecule has 1 unspecified atom stereocenters. The molecular weight excluding hydrogens is 287 g/mol. The SMILES string of the molecule is O=C(O)CCCNC(=O)CC(c1ccccc1)C(F)(F)F. The molecule has 0 spiro atoms. The van der Waals surface area contributed by atoms with E-state index < -0.39 is 30.4 Å². The molecule has 0 saturated heterocycles. The predicted molar refractivity (Wildman–Crippen MR) is 69.7 cm³/mol. The predicted octanol–water partition coefficient (Wildman–Crippen LogP) is 2.70. The second-order valence-electron chi connectivity index (χ2n) is 4.56. The maximum absolute atomic E-state index is 13.0. The van der Waals surface area contributed by atoms with E-state index in [-0.39, 0.29) is 24.9 Å². The molecule has 0 saturated carbocycles. The number of nitrogens with one attached hydrogen (secondary N) is 1. The molecule has 4 nitrogen and oxygen atoms in total. The highest BCUT2D eigenvalue weighted by molar-refractivity contribution is 5.77. The lowest BCUT2D eigenvalue weighted by atomic mass is 9.95. The van der Waals surface area contributed by atoms with E-state index in [0.717, 1.165) is 0 Å². The molecule has 0 aliphatic rings. The summed E-state index contributed by atoms with van der Waals surface area (Å²) in [6.07, 6.45) is -5.18. The van der Waals surface area contributed by atoms with Gasteiger partial charge in [-0.05, 0) is 12.0 Å². The van der Waals surface area contributed by atoms with E-state index in [1.54, 1.807) is 6.07 Å². The summed E-state index contributed by atoms with van der Waals surface area (Å²) >= 11 is 0. The van der Waals surface area contributed by atoms with Crippen LogP contribution in [0.2, 0.25) is 0 Å². The normalized spacial score (nSPS) is 12.7. The Balaban J connectivity index is 2.58. The van der Waals surface area contributed by atoms with Gasteiger partial charge in [-0.2, -0.15) is 13.2 Å². The highest BCUT2D eigenvalue weighted by Crippen LogP contribution is 2.37. The Hall–Kier alpha value is -2.05. The van der Waals surface area contributed by atoms with E-state index in [4.69, 9.17) is 5.11 Å². The van der Waals surface area contributed by atoms with Crippen molar-refractivity contribution >= 4 is 11.9 Å². The molecule has 7 heteroatoms. The smallest absolute Gasteiger partial charge is 0.396 e. The van der Waals surface area contributed by atoms with E-state index >= 15 is 0 Å². The number of rotatable bonds is 7. The van der Waals surface area contributed by atoms with Gasteiger partial charge in [0.15, 0.2) is 0 Å². The standard InChI is InChI=1S/C14H16F3NO3/c15-14(16,17)11(10-5-2-1-3-6-10)9-12(19)18-8-4-7-13(20)21/h1-3,5-6,11H,4,7-9H2,(H,18,19)(H,20,21). The van der Waals surface area contributed by atoms with Crippen LogP contribution in [0.25, 0.3) is 0 Å². The first-order valence-electron chi connectivity index (χ1n) is 6.41. The third-order valence-electron chi connectivity index (χ3n) is 2.88. The molecule has 0 heterocycles. The molecule has 0 aromatic heterocycles. The van der Waals surface area contributed by atoms with Crippen LogP contribution >= 0.6 is 0 Å². The second-order valence-corrected chi connectivity index (χ2v) is 4.56. The number of benzene rings is 1. The Labute approximate surface area is 120 Å². The summed E-state index contributed by atoms with van der Waals surface area (Å²) in [5.41, 5.74) is 0.0330. The Morgan fingerprint density at radius 3 is 2.33 bits per heavy atom. The van der Waals surface area contributed by atoms with Crippen molar-refractivity contribution in [2.75, 3.05) is 6.54 Å². The number of hydrogen-bond acceptors (Lipinski definition) is 2. The van der Waals surface area contributed by atoms with Gasteiger partial charge in [0.25, 0.3) is 0 Å². The highest BCUT2D eigenvalue weighted by atomic mass is 19.4. The first kappa shape index (κ1) is 17.0. The summed E-state index contributed by atoms with van der Waals surface area (Å²) in [6.45, 7) is 0.0461. The van der Waals surface area contributed by atoms with Crippen molar-refractivity contribution in [2.24, 2.45) is 0 Å². The van der Waals surface area contributed by atoms with Gasteiger partial charge in [-0.3, -0.25) is 9.59 Å². The van der Waals surface area contributed by atoms with Crippen LogP contribution < -0.4 is 5.32 Å². The molecule has 1 atom stereocenters. The van der Waals surface area contributed by atoms with E-state index in [1.807, 2.05) is 0 Å². The average molecular weight is 303 g/mol. The van der Waals surface area contributed by atoms with Crippen molar-refractivity contribution in [1.29, 1.82) is 0 Å². The van der Waals surface area contributed by atoms with Crippen molar-refractivity contribution in [1.82, 2.24) is 5.32 Å². The lowest BCUT2D eigenvalue weighted by Crippen LogP contribution is -2.31. The summed E-state index contributed by atoms with van der Waals surface area (Å²) < 4.78 is 39.0. The van der Waals surface area contributed by atoms with Gasteiger partial charge >= 0.3 is 12.1 Å². The summed E-state index contributed by atoms with van der Waals surface area (Å²) in [5, 5.41) is 10.7. The van der Waals surface area contributed by atoms with Crippen LogP contribution in [0.5, 0.6) is 0 Å². The summed E-state index contributed by atoms with van der Waals surface area (Å²) in [6, 6.07) is 7.23. The lowest BCUT2D eigenvalue weighted by molar-refractivity contribution is -0.157. The number of carboxylic acid groups (broad SMARTS) is 1. The molecule has 1 aromatic rings. The quantitative estimate of drug-likeness (QED) is 0.761. The molecule has 0 aliphatic carbocycles. The van der Waals surface area contributed by atoms with E-state index in [9.17, 15) is 22.8 Å². The number of amides is 1. The van der Waals surface area contributed by atoms with Gasteiger partial charge in [0, 0.05) is 19.4 Å². The second kappa shape index (κ2) is 7.66. The zero-order valence-corrected chi connectivity index (χ0v) is 11.2. The monoisotopic (exact) mass is 303 g/mol. The fourth-order valence-electron chi connectivity index (χ4n) is 1.83. The van der Waals surface area contributed by atoms with Crippen LogP contribution in [0.15, 0.2) is 30.3 Å². The van der Waals surface area contributed by atoms with E-state index in [0.29, 0.717) is 0 Å². The number of carboxylic acids is 1. The van der Waals surface area contributed by atoms with Gasteiger partial charge in [0.1, 0.15) is 0 Å². The topological polar surface area (TPSA) is 66.4 Å². The van der Waals surface area contributed by atoms with Crippen molar-refractivity contribution in [3.8, 4) is 0 Å². The minimum absolute atomic E-state index is 0.0330. The molecule has 0 fully saturated rings. The molecule has 1 amide bonds. The van der Waals surface area contributed by atoms with Crippen LogP contribution in [-0.2, 0) is 9.59 Å². The number of alkyl halides is 3. The summed E-state index contributed by atoms with van der Waals surface area (Å²) in [7, 11) is 0. The van der Waals surface area contributed by atoms with Crippen molar-refractivity contribution in [3.63, 3.8) is 0 Å². The molecule has 1 aromatic carbocycles. The third kappa shape index (κ3) is 6.29. The van der Waals surface area contributed by atoms with Crippen molar-refractivity contribution < 1.29 is 27.9 Å².